The van der Waals surface area contributed by atoms with Gasteiger partial charge in [0.1, 0.15) is 6.10 Å². The van der Waals surface area contributed by atoms with Gasteiger partial charge in [0.25, 0.3) is 0 Å². The Kier molecular flexibility index (Phi) is 7.56. The monoisotopic (exact) mass is 419 g/mol. The number of rotatable bonds is 7. The van der Waals surface area contributed by atoms with Crippen molar-refractivity contribution in [3.05, 3.63) is 16.2 Å². The number of hydrogen-bond acceptors (Lipinski definition) is 4. The fourth-order valence-electron chi connectivity index (χ4n) is 2.59. The molecule has 1 aromatic rings. The molecule has 1 aliphatic carbocycles. The van der Waals surface area contributed by atoms with Crippen molar-refractivity contribution in [2.24, 2.45) is 4.99 Å². The van der Waals surface area contributed by atoms with Crippen LogP contribution in [0, 0.1) is 6.92 Å². The number of aromatic nitrogens is 1. The molecule has 1 aliphatic rings. The van der Waals surface area contributed by atoms with Crippen molar-refractivity contribution in [3.8, 4) is 5.88 Å². The Morgan fingerprint density at radius 2 is 2.00 bits per heavy atom. The molecule has 8 heteroatoms. The van der Waals surface area contributed by atoms with Crippen LogP contribution in [0.2, 0.25) is 0 Å². The third-order valence-corrected chi connectivity index (χ3v) is 4.76. The van der Waals surface area contributed by atoms with E-state index in [0.717, 1.165) is 22.4 Å². The van der Waals surface area contributed by atoms with Crippen molar-refractivity contribution in [3.63, 3.8) is 0 Å². The minimum absolute atomic E-state index is 0.0405. The molecule has 2 rings (SSSR count). The molecular formula is C17H24BrF2N3O2. The van der Waals surface area contributed by atoms with Crippen LogP contribution in [0.3, 0.4) is 0 Å². The van der Waals surface area contributed by atoms with E-state index >= 15 is 0 Å². The van der Waals surface area contributed by atoms with Crippen LogP contribution >= 0.6 is 15.9 Å². The van der Waals surface area contributed by atoms with Gasteiger partial charge in [-0.1, -0.05) is 0 Å². The summed E-state index contributed by atoms with van der Waals surface area (Å²) in [6.07, 6.45) is 3.82. The molecule has 1 saturated carbocycles. The van der Waals surface area contributed by atoms with Crippen molar-refractivity contribution in [2.45, 2.75) is 58.4 Å². The van der Waals surface area contributed by atoms with E-state index in [1.807, 2.05) is 31.9 Å². The lowest BCUT2D eigenvalue weighted by Gasteiger charge is -2.28. The fraction of sp³-hybridized carbons (Fsp3) is 0.647. The zero-order valence-corrected chi connectivity index (χ0v) is 16.3. The van der Waals surface area contributed by atoms with E-state index in [2.05, 4.69) is 30.6 Å². The fourth-order valence-corrected chi connectivity index (χ4v) is 2.99. The highest BCUT2D eigenvalue weighted by Gasteiger charge is 2.26. The van der Waals surface area contributed by atoms with Gasteiger partial charge in [-0.05, 0) is 61.5 Å². The molecule has 0 atom stereocenters. The molecule has 5 nitrogen and oxygen atoms in total. The van der Waals surface area contributed by atoms with Gasteiger partial charge in [-0.2, -0.15) is 8.78 Å². The zero-order valence-electron chi connectivity index (χ0n) is 14.7. The van der Waals surface area contributed by atoms with Crippen LogP contribution < -0.4 is 4.74 Å². The smallest absolute Gasteiger partial charge is 0.345 e. The van der Waals surface area contributed by atoms with Crippen molar-refractivity contribution >= 4 is 28.0 Å². The van der Waals surface area contributed by atoms with E-state index in [4.69, 9.17) is 4.74 Å². The van der Waals surface area contributed by atoms with Crippen LogP contribution in [0.25, 0.3) is 0 Å². The highest BCUT2D eigenvalue weighted by Crippen LogP contribution is 2.33. The van der Waals surface area contributed by atoms with E-state index in [0.29, 0.717) is 31.6 Å². The first-order valence-electron chi connectivity index (χ1n) is 8.40. The van der Waals surface area contributed by atoms with Gasteiger partial charge >= 0.3 is 6.61 Å². The molecule has 1 heterocycles. The Bertz CT molecular complexity index is 594. The second-order valence-corrected chi connectivity index (χ2v) is 6.97. The van der Waals surface area contributed by atoms with Gasteiger partial charge in [0, 0.05) is 13.6 Å². The third kappa shape index (κ3) is 6.18. The number of alkyl halides is 2. The number of ether oxygens (including phenoxy) is 2. The van der Waals surface area contributed by atoms with Crippen LogP contribution in [0.15, 0.2) is 15.5 Å². The molecule has 0 saturated heterocycles. The lowest BCUT2D eigenvalue weighted by molar-refractivity contribution is -0.173. The maximum Gasteiger partial charge on any atom is 0.345 e. The van der Waals surface area contributed by atoms with Crippen LogP contribution in [-0.2, 0) is 4.74 Å². The van der Waals surface area contributed by atoms with Crippen LogP contribution in [0.5, 0.6) is 5.88 Å². The molecule has 0 bridgehead atoms. The first-order chi connectivity index (χ1) is 11.9. The Balaban J connectivity index is 1.97. The summed E-state index contributed by atoms with van der Waals surface area (Å²) in [5.74, 6) is 0.513. The number of hydrogen-bond donors (Lipinski definition) is 0. The summed E-state index contributed by atoms with van der Waals surface area (Å²) < 4.78 is 35.8. The summed E-state index contributed by atoms with van der Waals surface area (Å²) >= 11 is 3.48. The van der Waals surface area contributed by atoms with E-state index < -0.39 is 6.61 Å². The van der Waals surface area contributed by atoms with E-state index in [-0.39, 0.29) is 12.2 Å². The number of pyridine rings is 1. The van der Waals surface area contributed by atoms with Crippen LogP contribution in [-0.4, -0.2) is 48.6 Å². The lowest BCUT2D eigenvalue weighted by atomic mass is 9.95. The standard InChI is InChI=1S/C17H24BrF2N3O2/c1-4-23(3)10-21-15-9-14(18)16(22-11(15)2)24-12-5-7-13(8-6-12)25-17(19)20/h9-10,12-13,17H,4-8H2,1-3H3. The minimum Gasteiger partial charge on any atom is -0.474 e. The Hall–Kier alpha value is -1.28. The summed E-state index contributed by atoms with van der Waals surface area (Å²) in [4.78, 5) is 10.9. The molecule has 0 aliphatic heterocycles. The van der Waals surface area contributed by atoms with Gasteiger partial charge < -0.3 is 14.4 Å². The summed E-state index contributed by atoms with van der Waals surface area (Å²) in [5.41, 5.74) is 1.54. The average Bonchev–Trinajstić information content (AvgIpc) is 2.57. The zero-order chi connectivity index (χ0) is 18.4. The molecule has 1 aromatic heterocycles. The molecule has 25 heavy (non-hydrogen) atoms. The lowest BCUT2D eigenvalue weighted by Crippen LogP contribution is -2.29. The van der Waals surface area contributed by atoms with E-state index in [9.17, 15) is 8.78 Å². The molecule has 0 N–H and O–H groups in total. The Morgan fingerprint density at radius 1 is 1.36 bits per heavy atom. The van der Waals surface area contributed by atoms with Crippen molar-refractivity contribution < 1.29 is 18.3 Å². The Morgan fingerprint density at radius 3 is 2.60 bits per heavy atom. The molecule has 0 unspecified atom stereocenters. The van der Waals surface area contributed by atoms with Gasteiger partial charge in [0.15, 0.2) is 0 Å². The molecular weight excluding hydrogens is 396 g/mol. The quantitative estimate of drug-likeness (QED) is 0.474. The minimum atomic E-state index is -2.71. The summed E-state index contributed by atoms with van der Waals surface area (Å²) in [6, 6.07) is 1.88. The maximum absolute atomic E-state index is 12.2. The summed E-state index contributed by atoms with van der Waals surface area (Å²) in [5, 5.41) is 0. The Labute approximate surface area is 155 Å². The average molecular weight is 420 g/mol. The van der Waals surface area contributed by atoms with Gasteiger partial charge in [-0.3, -0.25) is 0 Å². The first-order valence-corrected chi connectivity index (χ1v) is 9.20. The number of aliphatic imine (C=N–C) groups is 1. The molecule has 1 fully saturated rings. The van der Waals surface area contributed by atoms with Crippen LogP contribution in [0.4, 0.5) is 14.5 Å². The number of nitrogens with zero attached hydrogens (tertiary/aromatic N) is 3. The van der Waals surface area contributed by atoms with Gasteiger partial charge in [0.05, 0.1) is 28.3 Å². The van der Waals surface area contributed by atoms with E-state index in [1.165, 1.54) is 0 Å². The van der Waals surface area contributed by atoms with Crippen molar-refractivity contribution in [1.82, 2.24) is 9.88 Å². The summed E-state index contributed by atoms with van der Waals surface area (Å²) in [6.45, 7) is 2.09. The molecule has 0 radical (unpaired) electrons. The SMILES string of the molecule is CCN(C)C=Nc1cc(Br)c(OC2CCC(OC(F)F)CC2)nc1C. The molecule has 0 amide bonds. The van der Waals surface area contributed by atoms with Crippen LogP contribution in [0.1, 0.15) is 38.3 Å². The van der Waals surface area contributed by atoms with Crippen molar-refractivity contribution in [1.29, 1.82) is 0 Å². The summed E-state index contributed by atoms with van der Waals surface area (Å²) in [7, 11) is 1.95. The topological polar surface area (TPSA) is 47.0 Å². The van der Waals surface area contributed by atoms with Gasteiger partial charge in [0.2, 0.25) is 5.88 Å². The molecule has 140 valence electrons. The predicted molar refractivity (Wildman–Crippen MR) is 96.9 cm³/mol. The largest absolute Gasteiger partial charge is 0.474 e. The second kappa shape index (κ2) is 9.43. The highest BCUT2D eigenvalue weighted by molar-refractivity contribution is 9.10. The normalized spacial score (nSPS) is 21.1. The first kappa shape index (κ1) is 20.0. The maximum atomic E-state index is 12.2. The van der Waals surface area contributed by atoms with Gasteiger partial charge in [-0.25, -0.2) is 9.98 Å². The second-order valence-electron chi connectivity index (χ2n) is 6.11. The number of aryl methyl sites for hydroxylation is 1. The molecule has 0 spiro atoms. The highest BCUT2D eigenvalue weighted by atomic mass is 79.9. The third-order valence-electron chi connectivity index (χ3n) is 4.20. The van der Waals surface area contributed by atoms with E-state index in [1.54, 1.807) is 6.34 Å². The van der Waals surface area contributed by atoms with Crippen molar-refractivity contribution in [2.75, 3.05) is 13.6 Å². The molecule has 0 aromatic carbocycles. The van der Waals surface area contributed by atoms with Gasteiger partial charge in [-0.15, -0.1) is 0 Å². The predicted octanol–water partition coefficient (Wildman–Crippen LogP) is 4.69. The number of halogens is 3.